The lowest BCUT2D eigenvalue weighted by atomic mass is 10.0. The van der Waals surface area contributed by atoms with E-state index >= 15 is 0 Å². The van der Waals surface area contributed by atoms with Crippen LogP contribution in [0.5, 0.6) is 0 Å². The van der Waals surface area contributed by atoms with Gasteiger partial charge in [0.15, 0.2) is 0 Å². The molecule has 0 unspecified atom stereocenters. The van der Waals surface area contributed by atoms with E-state index in [1.54, 1.807) is 42.1 Å². The highest BCUT2D eigenvalue weighted by Gasteiger charge is 2.22. The summed E-state index contributed by atoms with van der Waals surface area (Å²) in [6, 6.07) is 19.9. The lowest BCUT2D eigenvalue weighted by molar-refractivity contribution is 0.0126. The van der Waals surface area contributed by atoms with Crippen molar-refractivity contribution in [1.82, 2.24) is 10.4 Å². The third kappa shape index (κ3) is 4.12. The smallest absolute Gasteiger partial charge is 0.265 e. The van der Waals surface area contributed by atoms with Gasteiger partial charge in [0, 0.05) is 39.6 Å². The van der Waals surface area contributed by atoms with Crippen molar-refractivity contribution < 1.29 is 13.9 Å². The summed E-state index contributed by atoms with van der Waals surface area (Å²) in [6.07, 6.45) is 0. The van der Waals surface area contributed by atoms with Gasteiger partial charge in [0.2, 0.25) is 0 Å². The lowest BCUT2D eigenvalue weighted by Gasteiger charge is -2.27. The maximum absolute atomic E-state index is 14.7. The van der Waals surface area contributed by atoms with E-state index in [9.17, 15) is 9.18 Å². The molecule has 1 N–H and O–H groups in total. The third-order valence-electron chi connectivity index (χ3n) is 5.22. The van der Waals surface area contributed by atoms with Gasteiger partial charge in [0.1, 0.15) is 5.82 Å². The average molecular weight is 434 g/mol. The van der Waals surface area contributed by atoms with Crippen LogP contribution in [0.4, 0.5) is 10.1 Å². The Hall–Kier alpha value is -3.00. The topological polar surface area (TPSA) is 53.9 Å². The van der Waals surface area contributed by atoms with E-state index in [4.69, 9.17) is 9.73 Å². The first kappa shape index (κ1) is 19.9. The molecule has 0 bridgehead atoms. The molecule has 0 atom stereocenters. The highest BCUT2D eigenvalue weighted by Crippen LogP contribution is 2.41. The van der Waals surface area contributed by atoms with Crippen molar-refractivity contribution in [2.45, 2.75) is 9.79 Å². The molecular weight excluding hydrogens is 413 g/mol. The molecule has 2 heterocycles. The van der Waals surface area contributed by atoms with E-state index < -0.39 is 0 Å². The van der Waals surface area contributed by atoms with E-state index in [1.807, 2.05) is 35.3 Å². The second kappa shape index (κ2) is 8.63. The third-order valence-corrected chi connectivity index (χ3v) is 6.36. The SMILES string of the molecule is O=C(NN1CCOCC1)c1ccc2c(c1)N=C(c1ccccc1F)c1ccccc1S2. The van der Waals surface area contributed by atoms with Crippen molar-refractivity contribution >= 4 is 29.1 Å². The Morgan fingerprint density at radius 1 is 0.968 bits per heavy atom. The highest BCUT2D eigenvalue weighted by molar-refractivity contribution is 7.99. The number of hydrogen-bond acceptors (Lipinski definition) is 5. The summed E-state index contributed by atoms with van der Waals surface area (Å²) >= 11 is 1.57. The van der Waals surface area contributed by atoms with Crippen molar-refractivity contribution in [2.24, 2.45) is 4.99 Å². The zero-order valence-corrected chi connectivity index (χ0v) is 17.5. The second-order valence-electron chi connectivity index (χ2n) is 7.26. The van der Waals surface area contributed by atoms with Crippen LogP contribution < -0.4 is 5.43 Å². The first-order valence-corrected chi connectivity index (χ1v) is 10.9. The summed E-state index contributed by atoms with van der Waals surface area (Å²) in [6.45, 7) is 2.49. The number of fused-ring (bicyclic) bond motifs is 2. The number of nitrogens with one attached hydrogen (secondary N) is 1. The van der Waals surface area contributed by atoms with Crippen LogP contribution in [0, 0.1) is 5.82 Å². The Morgan fingerprint density at radius 2 is 1.71 bits per heavy atom. The Labute approximate surface area is 183 Å². The van der Waals surface area contributed by atoms with E-state index in [-0.39, 0.29) is 11.7 Å². The standard InChI is InChI=1S/C24H20FN3O2S/c25-19-7-3-1-5-17(19)23-18-6-2-4-8-21(18)31-22-10-9-16(15-20(22)26-23)24(29)27-28-11-13-30-14-12-28/h1-10,15H,11-14H2,(H,27,29). The van der Waals surface area contributed by atoms with Crippen LogP contribution in [-0.4, -0.2) is 42.9 Å². The number of benzene rings is 3. The molecule has 0 saturated carbocycles. The number of hydrazine groups is 1. The summed E-state index contributed by atoms with van der Waals surface area (Å²) < 4.78 is 20.0. The molecule has 156 valence electrons. The Kier molecular flexibility index (Phi) is 5.55. The van der Waals surface area contributed by atoms with E-state index in [0.717, 1.165) is 15.4 Å². The zero-order chi connectivity index (χ0) is 21.2. The van der Waals surface area contributed by atoms with Gasteiger partial charge in [-0.3, -0.25) is 10.2 Å². The summed E-state index contributed by atoms with van der Waals surface area (Å²) in [4.78, 5) is 19.6. The Bertz CT molecular complexity index is 1170. The van der Waals surface area contributed by atoms with E-state index in [0.29, 0.717) is 48.8 Å². The van der Waals surface area contributed by atoms with Crippen LogP contribution in [-0.2, 0) is 4.74 Å². The average Bonchev–Trinajstić information content (AvgIpc) is 2.96. The Balaban J connectivity index is 1.56. The van der Waals surface area contributed by atoms with Crippen molar-refractivity contribution in [3.63, 3.8) is 0 Å². The lowest BCUT2D eigenvalue weighted by Crippen LogP contribution is -2.48. The number of carbonyl (C=O) groups excluding carboxylic acids is 1. The summed E-state index contributed by atoms with van der Waals surface area (Å²) in [5, 5.41) is 1.86. The number of rotatable bonds is 3. The minimum Gasteiger partial charge on any atom is -0.379 e. The Morgan fingerprint density at radius 3 is 2.52 bits per heavy atom. The molecule has 7 heteroatoms. The second-order valence-corrected chi connectivity index (χ2v) is 8.35. The maximum atomic E-state index is 14.7. The van der Waals surface area contributed by atoms with Crippen molar-refractivity contribution in [2.75, 3.05) is 26.3 Å². The number of nitrogens with zero attached hydrogens (tertiary/aromatic N) is 2. The summed E-state index contributed by atoms with van der Waals surface area (Å²) in [5.41, 5.74) is 5.95. The molecule has 0 aromatic heterocycles. The fraction of sp³-hybridized carbons (Fsp3) is 0.167. The molecule has 1 amide bonds. The number of morpholine rings is 1. The zero-order valence-electron chi connectivity index (χ0n) is 16.7. The fourth-order valence-electron chi connectivity index (χ4n) is 3.62. The van der Waals surface area contributed by atoms with Crippen molar-refractivity contribution in [3.05, 3.63) is 89.2 Å². The fourth-order valence-corrected chi connectivity index (χ4v) is 4.63. The first-order chi connectivity index (χ1) is 15.2. The van der Waals surface area contributed by atoms with E-state index in [1.165, 1.54) is 6.07 Å². The van der Waals surface area contributed by atoms with Crippen LogP contribution in [0.1, 0.15) is 21.5 Å². The first-order valence-electron chi connectivity index (χ1n) is 10.1. The molecule has 5 rings (SSSR count). The summed E-state index contributed by atoms with van der Waals surface area (Å²) in [5.74, 6) is -0.523. The van der Waals surface area contributed by atoms with Crippen molar-refractivity contribution in [3.8, 4) is 0 Å². The normalized spacial score (nSPS) is 16.0. The molecular formula is C24H20FN3O2S. The van der Waals surface area contributed by atoms with Gasteiger partial charge in [-0.1, -0.05) is 42.1 Å². The number of carbonyl (C=O) groups is 1. The highest BCUT2D eigenvalue weighted by atomic mass is 32.2. The van der Waals surface area contributed by atoms with Gasteiger partial charge in [0.05, 0.1) is 24.6 Å². The molecule has 0 spiro atoms. The molecule has 0 aliphatic carbocycles. The van der Waals surface area contributed by atoms with E-state index in [2.05, 4.69) is 5.43 Å². The predicted octanol–water partition coefficient (Wildman–Crippen LogP) is 4.44. The predicted molar refractivity (Wildman–Crippen MR) is 119 cm³/mol. The largest absolute Gasteiger partial charge is 0.379 e. The van der Waals surface area contributed by atoms with Crippen LogP contribution >= 0.6 is 11.8 Å². The molecule has 3 aromatic carbocycles. The van der Waals surface area contributed by atoms with Gasteiger partial charge in [-0.15, -0.1) is 0 Å². The van der Waals surface area contributed by atoms with Crippen LogP contribution in [0.3, 0.4) is 0 Å². The minimum absolute atomic E-state index is 0.195. The van der Waals surface area contributed by atoms with Gasteiger partial charge in [-0.25, -0.2) is 14.4 Å². The number of ether oxygens (including phenoxy) is 1. The quantitative estimate of drug-likeness (QED) is 0.519. The molecule has 5 nitrogen and oxygen atoms in total. The maximum Gasteiger partial charge on any atom is 0.265 e. The number of halogens is 1. The van der Waals surface area contributed by atoms with Gasteiger partial charge in [0.25, 0.3) is 5.91 Å². The summed E-state index contributed by atoms with van der Waals surface area (Å²) in [7, 11) is 0. The van der Waals surface area contributed by atoms with Gasteiger partial charge in [-0.2, -0.15) is 0 Å². The van der Waals surface area contributed by atoms with Crippen molar-refractivity contribution in [1.29, 1.82) is 0 Å². The molecule has 3 aromatic rings. The number of aliphatic imine (C=N–C) groups is 1. The molecule has 2 aliphatic rings. The van der Waals surface area contributed by atoms with Crippen LogP contribution in [0.25, 0.3) is 0 Å². The van der Waals surface area contributed by atoms with Crippen LogP contribution in [0.15, 0.2) is 81.5 Å². The number of hydrogen-bond donors (Lipinski definition) is 1. The molecule has 1 fully saturated rings. The molecule has 0 radical (unpaired) electrons. The van der Waals surface area contributed by atoms with Crippen LogP contribution in [0.2, 0.25) is 0 Å². The monoisotopic (exact) mass is 433 g/mol. The molecule has 1 saturated heterocycles. The molecule has 2 aliphatic heterocycles. The number of amides is 1. The minimum atomic E-state index is -0.328. The van der Waals surface area contributed by atoms with Gasteiger partial charge >= 0.3 is 0 Å². The van der Waals surface area contributed by atoms with Gasteiger partial charge in [-0.05, 0) is 36.4 Å². The molecule has 31 heavy (non-hydrogen) atoms. The van der Waals surface area contributed by atoms with Gasteiger partial charge < -0.3 is 4.74 Å².